The fraction of sp³-hybridized carbons (Fsp3) is 0.333. The van der Waals surface area contributed by atoms with E-state index >= 15 is 0 Å². The summed E-state index contributed by atoms with van der Waals surface area (Å²) in [6, 6.07) is 4.56. The lowest BCUT2D eigenvalue weighted by atomic mass is 10.3. The van der Waals surface area contributed by atoms with E-state index in [9.17, 15) is 10.1 Å². The molecule has 1 aliphatic heterocycles. The number of nitrogens with zero attached hydrogens (tertiary/aromatic N) is 3. The molecule has 1 atom stereocenters. The topological polar surface area (TPSA) is 81.0 Å². The zero-order valence-corrected chi connectivity index (χ0v) is 12.1. The highest BCUT2D eigenvalue weighted by Crippen LogP contribution is 2.26. The van der Waals surface area contributed by atoms with E-state index in [2.05, 4.69) is 15.3 Å². The number of non-ortho nitro benzene ring substituents is 1. The van der Waals surface area contributed by atoms with Crippen LogP contribution < -0.4 is 5.32 Å². The third-order valence-electron chi connectivity index (χ3n) is 3.02. The van der Waals surface area contributed by atoms with Gasteiger partial charge in [0, 0.05) is 23.9 Å². The third kappa shape index (κ3) is 3.17. The minimum absolute atomic E-state index is 0. The fourth-order valence-corrected chi connectivity index (χ4v) is 3.10. The van der Waals surface area contributed by atoms with Crippen molar-refractivity contribution in [3.8, 4) is 0 Å². The molecule has 1 aromatic heterocycles. The van der Waals surface area contributed by atoms with E-state index < -0.39 is 4.92 Å². The van der Waals surface area contributed by atoms with Gasteiger partial charge in [-0.1, -0.05) is 0 Å². The maximum Gasteiger partial charge on any atom is 0.271 e. The molecule has 2 heterocycles. The van der Waals surface area contributed by atoms with Crippen LogP contribution in [0.5, 0.6) is 0 Å². The van der Waals surface area contributed by atoms with Crippen molar-refractivity contribution < 1.29 is 4.92 Å². The molecule has 1 aliphatic rings. The van der Waals surface area contributed by atoms with Gasteiger partial charge >= 0.3 is 0 Å². The molecule has 8 heteroatoms. The summed E-state index contributed by atoms with van der Waals surface area (Å²) in [5.74, 6) is 0. The first-order chi connectivity index (χ1) is 9.22. The Morgan fingerprint density at radius 2 is 2.25 bits per heavy atom. The first kappa shape index (κ1) is 15.0. The molecule has 0 radical (unpaired) electrons. The van der Waals surface area contributed by atoms with Crippen LogP contribution in [0, 0.1) is 10.1 Å². The number of hydrogen-bond acceptors (Lipinski definition) is 6. The number of hydrogen-bond donors (Lipinski definition) is 1. The van der Waals surface area contributed by atoms with Gasteiger partial charge < -0.3 is 5.32 Å². The average molecular weight is 313 g/mol. The molecule has 0 aliphatic carbocycles. The summed E-state index contributed by atoms with van der Waals surface area (Å²) in [6.45, 7) is 2.04. The van der Waals surface area contributed by atoms with Gasteiger partial charge in [-0.15, -0.1) is 24.2 Å². The van der Waals surface area contributed by atoms with Gasteiger partial charge in [0.05, 0.1) is 22.2 Å². The molecule has 0 saturated carbocycles. The first-order valence-electron chi connectivity index (χ1n) is 6.01. The molecule has 1 saturated heterocycles. The minimum Gasteiger partial charge on any atom is -0.316 e. The summed E-state index contributed by atoms with van der Waals surface area (Å²) in [7, 11) is 0. The summed E-state index contributed by atoms with van der Waals surface area (Å²) in [5, 5.41) is 15.4. The molecule has 106 valence electrons. The Bertz CT molecular complexity index is 634. The second-order valence-corrected chi connectivity index (χ2v) is 5.69. The maximum atomic E-state index is 10.7. The quantitative estimate of drug-likeness (QED) is 0.692. The first-order valence-corrected chi connectivity index (χ1v) is 6.89. The van der Waals surface area contributed by atoms with E-state index in [1.54, 1.807) is 24.0 Å². The Hall–Kier alpha value is -1.44. The molecule has 20 heavy (non-hydrogen) atoms. The second-order valence-electron chi connectivity index (χ2n) is 4.37. The summed E-state index contributed by atoms with van der Waals surface area (Å²) >= 11 is 1.71. The van der Waals surface area contributed by atoms with Crippen LogP contribution >= 0.6 is 24.2 Å². The number of thioether (sulfide) groups is 1. The lowest BCUT2D eigenvalue weighted by Gasteiger charge is -2.07. The number of nitrogens with one attached hydrogen (secondary N) is 1. The standard InChI is InChI=1S/C12H12N4O2S.ClH/c17-16(18)8-1-2-10-11(5-8)14-7-12(15-10)19-9-3-4-13-6-9;/h1-2,5,7,9,13H,3-4,6H2;1H/t9-;/m0./s1. The molecule has 1 aromatic carbocycles. The van der Waals surface area contributed by atoms with Crippen molar-refractivity contribution in [3.05, 3.63) is 34.5 Å². The summed E-state index contributed by atoms with van der Waals surface area (Å²) in [5.41, 5.74) is 1.30. The normalized spacial score (nSPS) is 17.9. The highest BCUT2D eigenvalue weighted by atomic mass is 35.5. The summed E-state index contributed by atoms with van der Waals surface area (Å²) in [6.07, 6.45) is 2.82. The van der Waals surface area contributed by atoms with Gasteiger partial charge in [-0.3, -0.25) is 15.1 Å². The maximum absolute atomic E-state index is 10.7. The number of fused-ring (bicyclic) bond motifs is 1. The van der Waals surface area contributed by atoms with Crippen molar-refractivity contribution in [2.24, 2.45) is 0 Å². The lowest BCUT2D eigenvalue weighted by Crippen LogP contribution is -2.10. The van der Waals surface area contributed by atoms with Crippen LogP contribution in [0.15, 0.2) is 29.4 Å². The van der Waals surface area contributed by atoms with Crippen molar-refractivity contribution in [1.29, 1.82) is 0 Å². The SMILES string of the molecule is Cl.O=[N+]([O-])c1ccc2nc(S[C@H]3CCNC3)cnc2c1. The Morgan fingerprint density at radius 1 is 1.40 bits per heavy atom. The van der Waals surface area contributed by atoms with Crippen molar-refractivity contribution in [2.75, 3.05) is 13.1 Å². The number of nitro benzene ring substituents is 1. The molecule has 0 unspecified atom stereocenters. The van der Waals surface area contributed by atoms with Crippen LogP contribution in [0.1, 0.15) is 6.42 Å². The molecular weight excluding hydrogens is 300 g/mol. The Morgan fingerprint density at radius 3 is 2.95 bits per heavy atom. The molecule has 6 nitrogen and oxygen atoms in total. The zero-order valence-electron chi connectivity index (χ0n) is 10.5. The van der Waals surface area contributed by atoms with Gasteiger partial charge in [-0.25, -0.2) is 4.98 Å². The molecule has 0 bridgehead atoms. The molecular formula is C12H13ClN4O2S. The van der Waals surface area contributed by atoms with Crippen LogP contribution in [0.2, 0.25) is 0 Å². The second kappa shape index (κ2) is 6.34. The summed E-state index contributed by atoms with van der Waals surface area (Å²) < 4.78 is 0. The number of rotatable bonds is 3. The van der Waals surface area contributed by atoms with E-state index in [1.165, 1.54) is 12.1 Å². The third-order valence-corrected chi connectivity index (χ3v) is 4.19. The van der Waals surface area contributed by atoms with Crippen molar-refractivity contribution in [2.45, 2.75) is 16.7 Å². The minimum atomic E-state index is -0.423. The number of aromatic nitrogens is 2. The van der Waals surface area contributed by atoms with Gasteiger partial charge in [0.15, 0.2) is 0 Å². The Balaban J connectivity index is 0.00000147. The molecule has 0 spiro atoms. The Labute approximate surface area is 125 Å². The van der Waals surface area contributed by atoms with Gasteiger partial charge in [0.25, 0.3) is 5.69 Å². The molecule has 3 rings (SSSR count). The number of benzene rings is 1. The number of nitro groups is 1. The van der Waals surface area contributed by atoms with E-state index in [-0.39, 0.29) is 18.1 Å². The largest absolute Gasteiger partial charge is 0.316 e. The zero-order chi connectivity index (χ0) is 13.2. The Kier molecular flexibility index (Phi) is 4.74. The van der Waals surface area contributed by atoms with Crippen molar-refractivity contribution in [3.63, 3.8) is 0 Å². The van der Waals surface area contributed by atoms with Crippen LogP contribution in [0.4, 0.5) is 5.69 Å². The van der Waals surface area contributed by atoms with E-state index in [0.717, 1.165) is 24.5 Å². The monoisotopic (exact) mass is 312 g/mol. The lowest BCUT2D eigenvalue weighted by molar-refractivity contribution is -0.384. The number of halogens is 1. The smallest absolute Gasteiger partial charge is 0.271 e. The van der Waals surface area contributed by atoms with Gasteiger partial charge in [-0.05, 0) is 19.0 Å². The van der Waals surface area contributed by atoms with Crippen LogP contribution in [0.3, 0.4) is 0 Å². The van der Waals surface area contributed by atoms with Gasteiger partial charge in [-0.2, -0.15) is 0 Å². The predicted octanol–water partition coefficient (Wildman–Crippen LogP) is 2.41. The highest BCUT2D eigenvalue weighted by Gasteiger charge is 2.17. The van der Waals surface area contributed by atoms with Crippen molar-refractivity contribution in [1.82, 2.24) is 15.3 Å². The van der Waals surface area contributed by atoms with Crippen molar-refractivity contribution >= 4 is 40.9 Å². The molecule has 2 aromatic rings. The molecule has 1 fully saturated rings. The molecule has 1 N–H and O–H groups in total. The van der Waals surface area contributed by atoms with E-state index in [1.807, 2.05) is 0 Å². The summed E-state index contributed by atoms with van der Waals surface area (Å²) in [4.78, 5) is 19.0. The fourth-order valence-electron chi connectivity index (χ4n) is 2.05. The van der Waals surface area contributed by atoms with Crippen LogP contribution in [-0.2, 0) is 0 Å². The van der Waals surface area contributed by atoms with E-state index in [4.69, 9.17) is 0 Å². The van der Waals surface area contributed by atoms with Crippen LogP contribution in [-0.4, -0.2) is 33.2 Å². The highest BCUT2D eigenvalue weighted by molar-refractivity contribution is 7.99. The predicted molar refractivity (Wildman–Crippen MR) is 80.6 cm³/mol. The van der Waals surface area contributed by atoms with E-state index in [0.29, 0.717) is 16.3 Å². The van der Waals surface area contributed by atoms with Gasteiger partial charge in [0.1, 0.15) is 5.03 Å². The van der Waals surface area contributed by atoms with Crippen LogP contribution in [0.25, 0.3) is 11.0 Å². The molecule has 0 amide bonds. The average Bonchev–Trinajstić information content (AvgIpc) is 2.91. The van der Waals surface area contributed by atoms with Gasteiger partial charge in [0.2, 0.25) is 0 Å².